The van der Waals surface area contributed by atoms with Crippen LogP contribution in [0.1, 0.15) is 15.9 Å². The number of thioether (sulfide) groups is 1. The fourth-order valence-electron chi connectivity index (χ4n) is 2.77. The molecule has 1 amide bonds. The zero-order valence-electron chi connectivity index (χ0n) is 16.6. The Morgan fingerprint density at radius 3 is 2.37 bits per heavy atom. The van der Waals surface area contributed by atoms with Gasteiger partial charge in [0.15, 0.2) is 22.5 Å². The summed E-state index contributed by atoms with van der Waals surface area (Å²) in [6, 6.07) is 14.1. The van der Waals surface area contributed by atoms with Crippen LogP contribution in [0.5, 0.6) is 11.5 Å². The Morgan fingerprint density at radius 2 is 1.80 bits per heavy atom. The van der Waals surface area contributed by atoms with Crippen LogP contribution in [0.4, 0.5) is 11.5 Å². The molecule has 0 unspecified atom stereocenters. The van der Waals surface area contributed by atoms with E-state index in [0.29, 0.717) is 45.0 Å². The molecule has 0 saturated carbocycles. The third-order valence-corrected chi connectivity index (χ3v) is 4.82. The van der Waals surface area contributed by atoms with E-state index >= 15 is 0 Å². The Hall–Kier alpha value is -3.77. The van der Waals surface area contributed by atoms with Crippen molar-refractivity contribution in [3.63, 3.8) is 0 Å². The molecule has 8 nitrogen and oxygen atoms in total. The number of nitrogens with zero attached hydrogens (tertiary/aromatic N) is 3. The minimum absolute atomic E-state index is 0.277. The zero-order chi connectivity index (χ0) is 21.7. The average molecular weight is 421 g/mol. The Labute approximate surface area is 178 Å². The molecule has 3 N–H and O–H groups in total. The maximum absolute atomic E-state index is 11.3. The Kier molecular flexibility index (Phi) is 6.39. The number of ether oxygens (including phenoxy) is 2. The number of methoxy groups -OCH3 is 2. The van der Waals surface area contributed by atoms with E-state index in [1.165, 1.54) is 11.8 Å². The van der Waals surface area contributed by atoms with E-state index in [1.807, 2.05) is 6.26 Å². The summed E-state index contributed by atoms with van der Waals surface area (Å²) in [5, 5.41) is 13.5. The average Bonchev–Trinajstić information content (AvgIpc) is 2.78. The van der Waals surface area contributed by atoms with E-state index in [1.54, 1.807) is 56.7 Å². The van der Waals surface area contributed by atoms with Gasteiger partial charge < -0.3 is 20.5 Å². The molecule has 0 aliphatic carbocycles. The maximum atomic E-state index is 11.3. The van der Waals surface area contributed by atoms with Crippen LogP contribution >= 0.6 is 11.8 Å². The number of carbonyl (C=O) groups is 1. The molecule has 0 atom stereocenters. The highest BCUT2D eigenvalue weighted by Crippen LogP contribution is 2.35. The first-order valence-corrected chi connectivity index (χ1v) is 9.98. The van der Waals surface area contributed by atoms with E-state index in [2.05, 4.69) is 21.4 Å². The Morgan fingerprint density at radius 1 is 1.10 bits per heavy atom. The van der Waals surface area contributed by atoms with Gasteiger partial charge in [0.05, 0.1) is 19.9 Å². The lowest BCUT2D eigenvalue weighted by Crippen LogP contribution is -2.10. The van der Waals surface area contributed by atoms with Gasteiger partial charge in [-0.2, -0.15) is 5.26 Å². The minimum Gasteiger partial charge on any atom is -0.493 e. The first-order valence-electron chi connectivity index (χ1n) is 8.76. The van der Waals surface area contributed by atoms with Gasteiger partial charge in [0.25, 0.3) is 0 Å². The van der Waals surface area contributed by atoms with Crippen molar-refractivity contribution >= 4 is 29.2 Å². The quantitative estimate of drug-likeness (QED) is 0.438. The van der Waals surface area contributed by atoms with Crippen molar-refractivity contribution in [3.8, 4) is 28.8 Å². The van der Waals surface area contributed by atoms with Crippen molar-refractivity contribution in [2.45, 2.75) is 5.16 Å². The summed E-state index contributed by atoms with van der Waals surface area (Å²) < 4.78 is 10.7. The largest absolute Gasteiger partial charge is 0.493 e. The molecule has 1 aromatic heterocycles. The molecule has 3 aromatic rings. The molecule has 0 aliphatic heterocycles. The molecule has 1 heterocycles. The number of anilines is 2. The highest BCUT2D eigenvalue weighted by molar-refractivity contribution is 7.98. The molecule has 2 aromatic carbocycles. The summed E-state index contributed by atoms with van der Waals surface area (Å²) in [5.41, 5.74) is 7.76. The van der Waals surface area contributed by atoms with E-state index in [-0.39, 0.29) is 5.56 Å². The van der Waals surface area contributed by atoms with Crippen molar-refractivity contribution < 1.29 is 14.3 Å². The Bertz CT molecular complexity index is 1130. The van der Waals surface area contributed by atoms with Crippen LogP contribution in [-0.4, -0.2) is 36.4 Å². The van der Waals surface area contributed by atoms with Crippen LogP contribution in [0.25, 0.3) is 11.3 Å². The van der Waals surface area contributed by atoms with E-state index in [0.717, 1.165) is 0 Å². The van der Waals surface area contributed by atoms with Crippen LogP contribution in [0, 0.1) is 11.3 Å². The van der Waals surface area contributed by atoms with Crippen molar-refractivity contribution in [2.75, 3.05) is 25.8 Å². The number of nitriles is 1. The van der Waals surface area contributed by atoms with Gasteiger partial charge in [-0.25, -0.2) is 9.97 Å². The van der Waals surface area contributed by atoms with Gasteiger partial charge in [-0.1, -0.05) is 11.8 Å². The number of rotatable bonds is 7. The fraction of sp³-hybridized carbons (Fsp3) is 0.143. The molecule has 0 bridgehead atoms. The molecule has 0 radical (unpaired) electrons. The van der Waals surface area contributed by atoms with Gasteiger partial charge in [-0.15, -0.1) is 0 Å². The third kappa shape index (κ3) is 4.29. The second-order valence-electron chi connectivity index (χ2n) is 6.03. The van der Waals surface area contributed by atoms with E-state index in [9.17, 15) is 10.1 Å². The van der Waals surface area contributed by atoms with Gasteiger partial charge >= 0.3 is 0 Å². The summed E-state index contributed by atoms with van der Waals surface area (Å²) in [7, 11) is 3.10. The lowest BCUT2D eigenvalue weighted by atomic mass is 10.1. The normalized spacial score (nSPS) is 10.2. The van der Waals surface area contributed by atoms with Gasteiger partial charge in [0.2, 0.25) is 5.91 Å². The topological polar surface area (TPSA) is 123 Å². The first-order chi connectivity index (χ1) is 14.5. The second kappa shape index (κ2) is 9.15. The number of primary amides is 1. The van der Waals surface area contributed by atoms with Gasteiger partial charge in [-0.3, -0.25) is 4.79 Å². The smallest absolute Gasteiger partial charge is 0.248 e. The summed E-state index contributed by atoms with van der Waals surface area (Å²) in [4.78, 5) is 20.3. The summed E-state index contributed by atoms with van der Waals surface area (Å²) >= 11 is 1.36. The van der Waals surface area contributed by atoms with Crippen molar-refractivity contribution in [1.29, 1.82) is 5.26 Å². The Balaban J connectivity index is 2.09. The summed E-state index contributed by atoms with van der Waals surface area (Å²) in [6.45, 7) is 0. The van der Waals surface area contributed by atoms with Crippen LogP contribution in [0.2, 0.25) is 0 Å². The number of nitrogens with two attached hydrogens (primary N) is 1. The lowest BCUT2D eigenvalue weighted by Gasteiger charge is -2.14. The highest BCUT2D eigenvalue weighted by Gasteiger charge is 2.18. The number of amides is 1. The second-order valence-corrected chi connectivity index (χ2v) is 6.80. The summed E-state index contributed by atoms with van der Waals surface area (Å²) in [5.74, 6) is 0.946. The van der Waals surface area contributed by atoms with E-state index in [4.69, 9.17) is 15.2 Å². The van der Waals surface area contributed by atoms with Crippen LogP contribution < -0.4 is 20.5 Å². The predicted molar refractivity (Wildman–Crippen MR) is 115 cm³/mol. The highest BCUT2D eigenvalue weighted by atomic mass is 32.2. The van der Waals surface area contributed by atoms with Crippen molar-refractivity contribution in [2.24, 2.45) is 5.73 Å². The zero-order valence-corrected chi connectivity index (χ0v) is 17.4. The third-order valence-electron chi connectivity index (χ3n) is 4.27. The SMILES string of the molecule is COc1ccc(-c2nc(SC)nc(Nc3ccc(C(N)=O)cc3)c2C#N)cc1OC. The van der Waals surface area contributed by atoms with Gasteiger partial charge in [0.1, 0.15) is 11.6 Å². The molecule has 0 aliphatic rings. The molecule has 9 heteroatoms. The number of carbonyl (C=O) groups excluding carboxylic acids is 1. The summed E-state index contributed by atoms with van der Waals surface area (Å²) in [6.07, 6.45) is 1.85. The molecular formula is C21H19N5O3S. The fourth-order valence-corrected chi connectivity index (χ4v) is 3.14. The monoisotopic (exact) mass is 421 g/mol. The number of nitrogens with one attached hydrogen (secondary N) is 1. The lowest BCUT2D eigenvalue weighted by molar-refractivity contribution is 0.100. The number of hydrogen-bond donors (Lipinski definition) is 2. The molecule has 3 rings (SSSR count). The number of hydrogen-bond acceptors (Lipinski definition) is 8. The molecule has 0 spiro atoms. The van der Waals surface area contributed by atoms with Crippen molar-refractivity contribution in [1.82, 2.24) is 9.97 Å². The standard InChI is InChI=1S/C21H19N5O3S/c1-28-16-9-6-13(10-17(16)29-2)18-15(11-22)20(26-21(25-18)30-3)24-14-7-4-12(5-8-14)19(23)27/h4-10H,1-3H3,(H2,23,27)(H,24,25,26). The molecule has 0 saturated heterocycles. The maximum Gasteiger partial charge on any atom is 0.248 e. The predicted octanol–water partition coefficient (Wildman–Crippen LogP) is 3.60. The number of benzene rings is 2. The molecular weight excluding hydrogens is 402 g/mol. The molecule has 152 valence electrons. The van der Waals surface area contributed by atoms with Crippen molar-refractivity contribution in [3.05, 3.63) is 53.6 Å². The molecule has 0 fully saturated rings. The van der Waals surface area contributed by atoms with Crippen LogP contribution in [0.3, 0.4) is 0 Å². The number of aromatic nitrogens is 2. The minimum atomic E-state index is -0.512. The van der Waals surface area contributed by atoms with Gasteiger partial charge in [0, 0.05) is 16.8 Å². The van der Waals surface area contributed by atoms with E-state index < -0.39 is 5.91 Å². The van der Waals surface area contributed by atoms with Gasteiger partial charge in [-0.05, 0) is 48.7 Å². The first kappa shape index (κ1) is 21.0. The molecule has 30 heavy (non-hydrogen) atoms. The van der Waals surface area contributed by atoms with Crippen LogP contribution in [0.15, 0.2) is 47.6 Å². The van der Waals surface area contributed by atoms with Crippen LogP contribution in [-0.2, 0) is 0 Å².